The Morgan fingerprint density at radius 1 is 1.02 bits per heavy atom. The Hall–Kier alpha value is -2.72. The quantitative estimate of drug-likeness (QED) is 0.181. The van der Waals surface area contributed by atoms with Crippen molar-refractivity contribution in [2.45, 2.75) is 96.2 Å². The van der Waals surface area contributed by atoms with Crippen molar-refractivity contribution in [1.29, 1.82) is 0 Å². The van der Waals surface area contributed by atoms with Gasteiger partial charge < -0.3 is 4.43 Å². The lowest BCUT2D eigenvalue weighted by molar-refractivity contribution is 0.272. The summed E-state index contributed by atoms with van der Waals surface area (Å²) in [6.45, 7) is 17.8. The van der Waals surface area contributed by atoms with Crippen LogP contribution in [0.4, 0.5) is 0 Å². The van der Waals surface area contributed by atoms with Crippen LogP contribution in [0.3, 0.4) is 0 Å². The monoisotopic (exact) mass is 591 g/mol. The number of rotatable bonds is 11. The molecule has 0 saturated carbocycles. The molecule has 1 unspecified atom stereocenters. The number of nitrogens with zero attached hydrogens (tertiary/aromatic N) is 4. The number of fused-ring (bicyclic) bond motifs is 1. The van der Waals surface area contributed by atoms with E-state index in [1.807, 2.05) is 49.0 Å². The van der Waals surface area contributed by atoms with Crippen LogP contribution in [0.15, 0.2) is 60.8 Å². The summed E-state index contributed by atoms with van der Waals surface area (Å²) in [7, 11) is -3.30. The summed E-state index contributed by atoms with van der Waals surface area (Å²) in [5, 5.41) is 11.7. The highest BCUT2D eigenvalue weighted by Crippen LogP contribution is 2.37. The van der Waals surface area contributed by atoms with Crippen LogP contribution in [0, 0.1) is 0 Å². The van der Waals surface area contributed by atoms with Crippen LogP contribution >= 0.6 is 0 Å². The number of nitrogens with two attached hydrogens (primary N) is 1. The normalized spacial score (nSPS) is 14.4. The van der Waals surface area contributed by atoms with E-state index < -0.39 is 24.1 Å². The molecule has 4 aromatic rings. The van der Waals surface area contributed by atoms with Gasteiger partial charge in [-0.05, 0) is 75.2 Å². The molecule has 1 aromatic carbocycles. The fourth-order valence-electron chi connectivity index (χ4n) is 4.71. The average Bonchev–Trinajstić information content (AvgIpc) is 3.34. The lowest BCUT2D eigenvalue weighted by Crippen LogP contribution is -2.40. The van der Waals surface area contributed by atoms with Crippen molar-refractivity contribution >= 4 is 30.2 Å². The van der Waals surface area contributed by atoms with Crippen molar-refractivity contribution in [2.75, 3.05) is 0 Å². The van der Waals surface area contributed by atoms with E-state index in [9.17, 15) is 4.21 Å². The summed E-state index contributed by atoms with van der Waals surface area (Å²) in [4.78, 5) is 9.99. The van der Waals surface area contributed by atoms with Crippen LogP contribution in [0.2, 0.25) is 18.1 Å². The number of pyridine rings is 2. The van der Waals surface area contributed by atoms with E-state index in [1.165, 1.54) is 0 Å². The zero-order valence-electron chi connectivity index (χ0n) is 25.8. The maximum atomic E-state index is 12.2. The van der Waals surface area contributed by atoms with E-state index in [4.69, 9.17) is 19.5 Å². The zero-order chi connectivity index (χ0) is 30.0. The summed E-state index contributed by atoms with van der Waals surface area (Å²) in [5.41, 5.74) is 4.77. The van der Waals surface area contributed by atoms with Gasteiger partial charge in [-0.3, -0.25) is 10.1 Å². The minimum Gasteiger partial charge on any atom is -0.411 e. The first-order valence-electron chi connectivity index (χ1n) is 14.4. The van der Waals surface area contributed by atoms with Gasteiger partial charge in [-0.1, -0.05) is 58.4 Å². The molecule has 2 atom stereocenters. The third-order valence-corrected chi connectivity index (χ3v) is 14.1. The van der Waals surface area contributed by atoms with Crippen LogP contribution in [-0.2, 0) is 22.0 Å². The van der Waals surface area contributed by atoms with Gasteiger partial charge in [-0.25, -0.2) is 13.9 Å². The molecule has 0 aliphatic heterocycles. The molecule has 0 saturated heterocycles. The lowest BCUT2D eigenvalue weighted by atomic mass is 9.89. The molecule has 0 spiro atoms. The van der Waals surface area contributed by atoms with Gasteiger partial charge in [0.1, 0.15) is 0 Å². The molecule has 2 N–H and O–H groups in total. The Kier molecular flexibility index (Phi) is 9.33. The van der Waals surface area contributed by atoms with E-state index in [-0.39, 0.29) is 11.0 Å². The number of aromatic nitrogens is 4. The maximum absolute atomic E-state index is 12.2. The largest absolute Gasteiger partial charge is 0.411 e. The molecule has 7 nitrogen and oxygen atoms in total. The standard InChI is InChI=1S/C32H45N5O2SSi/c1-9-12-24(20-32(5,6)40(33)38)28-15-11-14-27(36-28)23-17-18-25-21-34-37(29(25)19-23)30-16-10-13-26(35-30)22-39-41(7,8)31(2,3)4/h10-11,13-19,21,24H,9,12,20,22,33H2,1-8H3/t24-,40?/m1/s1. The number of hydrogen-bond acceptors (Lipinski definition) is 5. The Bertz CT molecular complexity index is 1530. The summed E-state index contributed by atoms with van der Waals surface area (Å²) >= 11 is 0. The maximum Gasteiger partial charge on any atom is 0.192 e. The molecule has 0 amide bonds. The first-order chi connectivity index (χ1) is 19.2. The summed E-state index contributed by atoms with van der Waals surface area (Å²) in [5.74, 6) is 0.937. The highest BCUT2D eigenvalue weighted by molar-refractivity contribution is 7.84. The van der Waals surface area contributed by atoms with E-state index in [1.54, 1.807) is 0 Å². The summed E-state index contributed by atoms with van der Waals surface area (Å²) in [6, 6.07) is 18.5. The zero-order valence-corrected chi connectivity index (χ0v) is 27.6. The average molecular weight is 592 g/mol. The van der Waals surface area contributed by atoms with E-state index in [0.717, 1.165) is 52.2 Å². The first kappa shape index (κ1) is 31.2. The molecule has 3 heterocycles. The molecule has 4 rings (SSSR count). The van der Waals surface area contributed by atoms with E-state index in [2.05, 4.69) is 76.2 Å². The van der Waals surface area contributed by atoms with Crippen LogP contribution < -0.4 is 5.14 Å². The van der Waals surface area contributed by atoms with Gasteiger partial charge in [0.2, 0.25) is 0 Å². The topological polar surface area (TPSA) is 95.9 Å². The van der Waals surface area contributed by atoms with Gasteiger partial charge in [0.15, 0.2) is 14.1 Å². The highest BCUT2D eigenvalue weighted by Gasteiger charge is 2.37. The third kappa shape index (κ3) is 7.20. The fourth-order valence-corrected chi connectivity index (χ4v) is 6.02. The second kappa shape index (κ2) is 12.3. The molecule has 0 bridgehead atoms. The smallest absolute Gasteiger partial charge is 0.192 e. The van der Waals surface area contributed by atoms with Gasteiger partial charge in [-0.2, -0.15) is 5.10 Å². The second-order valence-electron chi connectivity index (χ2n) is 13.1. The van der Waals surface area contributed by atoms with Crippen molar-refractivity contribution in [2.24, 2.45) is 5.14 Å². The number of benzene rings is 1. The van der Waals surface area contributed by atoms with E-state index >= 15 is 0 Å². The first-order valence-corrected chi connectivity index (χ1v) is 18.6. The van der Waals surface area contributed by atoms with Gasteiger partial charge in [0, 0.05) is 22.6 Å². The summed E-state index contributed by atoms with van der Waals surface area (Å²) in [6.07, 6.45) is 4.56. The van der Waals surface area contributed by atoms with Gasteiger partial charge in [0.25, 0.3) is 0 Å². The summed E-state index contributed by atoms with van der Waals surface area (Å²) < 4.78 is 20.0. The van der Waals surface area contributed by atoms with Crippen LogP contribution in [0.5, 0.6) is 0 Å². The van der Waals surface area contributed by atoms with Crippen LogP contribution in [0.1, 0.15) is 78.1 Å². The van der Waals surface area contributed by atoms with Gasteiger partial charge in [0.05, 0.1) is 45.4 Å². The third-order valence-electron chi connectivity index (χ3n) is 8.37. The SMILES string of the molecule is CCC[C@H](CC(C)(C)S(N)=O)c1cccc(-c2ccc3cnn(-c4cccc(CO[Si](C)(C)C(C)(C)C)n4)c3c2)n1. The van der Waals surface area contributed by atoms with Crippen molar-refractivity contribution < 1.29 is 8.63 Å². The minimum absolute atomic E-state index is 0.139. The van der Waals surface area contributed by atoms with Crippen molar-refractivity contribution in [3.63, 3.8) is 0 Å². The van der Waals surface area contributed by atoms with Crippen LogP contribution in [-0.4, -0.2) is 37.0 Å². The molecule has 0 fully saturated rings. The predicted molar refractivity (Wildman–Crippen MR) is 173 cm³/mol. The lowest BCUT2D eigenvalue weighted by Gasteiger charge is -2.36. The minimum atomic E-state index is -1.89. The Labute approximate surface area is 248 Å². The molecule has 41 heavy (non-hydrogen) atoms. The Morgan fingerprint density at radius 2 is 1.76 bits per heavy atom. The predicted octanol–water partition coefficient (Wildman–Crippen LogP) is 7.68. The van der Waals surface area contributed by atoms with Crippen molar-refractivity contribution in [3.8, 4) is 17.1 Å². The molecule has 9 heteroatoms. The second-order valence-corrected chi connectivity index (χ2v) is 19.6. The van der Waals surface area contributed by atoms with Gasteiger partial charge in [-0.15, -0.1) is 0 Å². The number of hydrogen-bond donors (Lipinski definition) is 1. The molecule has 0 radical (unpaired) electrons. The molecular formula is C32H45N5O2SSi. The molecule has 0 aliphatic carbocycles. The molecule has 220 valence electrons. The molecule has 3 aromatic heterocycles. The molecular weight excluding hydrogens is 547 g/mol. The Morgan fingerprint density at radius 3 is 2.44 bits per heavy atom. The van der Waals surface area contributed by atoms with Crippen LogP contribution in [0.25, 0.3) is 28.0 Å². The van der Waals surface area contributed by atoms with Crippen molar-refractivity contribution in [1.82, 2.24) is 19.7 Å². The highest BCUT2D eigenvalue weighted by atomic mass is 32.2. The molecule has 0 aliphatic rings. The fraction of sp³-hybridized carbons (Fsp3) is 0.469. The van der Waals surface area contributed by atoms with E-state index in [0.29, 0.717) is 13.0 Å². The van der Waals surface area contributed by atoms with Gasteiger partial charge >= 0.3 is 0 Å². The van der Waals surface area contributed by atoms with Crippen molar-refractivity contribution in [3.05, 3.63) is 72.2 Å². The Balaban J connectivity index is 1.64.